The van der Waals surface area contributed by atoms with E-state index in [-0.39, 0.29) is 0 Å². The minimum Gasteiger partial charge on any atom is -0.393 e. The van der Waals surface area contributed by atoms with Crippen molar-refractivity contribution in [2.24, 2.45) is 0 Å². The van der Waals surface area contributed by atoms with Crippen molar-refractivity contribution in [2.45, 2.75) is 0 Å². The van der Waals surface area contributed by atoms with E-state index in [2.05, 4.69) is 21.1 Å². The van der Waals surface area contributed by atoms with E-state index in [1.807, 2.05) is 12.1 Å². The normalized spacial score (nSPS) is 10.4. The second kappa shape index (κ2) is 3.63. The lowest BCUT2D eigenvalue weighted by molar-refractivity contribution is 0.428. The van der Waals surface area contributed by atoms with Gasteiger partial charge in [0.1, 0.15) is 5.69 Å². The summed E-state index contributed by atoms with van der Waals surface area (Å²) >= 11 is 8.93. The van der Waals surface area contributed by atoms with Crippen LogP contribution < -0.4 is 5.73 Å². The molecule has 0 aliphatic carbocycles. The Morgan fingerprint density at radius 3 is 2.43 bits per heavy atom. The van der Waals surface area contributed by atoms with Crippen molar-refractivity contribution in [3.8, 4) is 11.3 Å². The molecule has 0 amide bonds. The van der Waals surface area contributed by atoms with Crippen LogP contribution in [0.25, 0.3) is 11.3 Å². The third kappa shape index (κ3) is 1.63. The molecule has 1 aromatic carbocycles. The SMILES string of the molecule is Nc1c(Br)noc1-c1ccc(Cl)cc1. The highest BCUT2D eigenvalue weighted by Crippen LogP contribution is 2.31. The highest BCUT2D eigenvalue weighted by molar-refractivity contribution is 9.10. The number of hydrogen-bond donors (Lipinski definition) is 1. The number of anilines is 1. The summed E-state index contributed by atoms with van der Waals surface area (Å²) in [5.41, 5.74) is 7.08. The van der Waals surface area contributed by atoms with Crippen LogP contribution in [0.3, 0.4) is 0 Å². The van der Waals surface area contributed by atoms with Crippen LogP contribution in [-0.2, 0) is 0 Å². The summed E-state index contributed by atoms with van der Waals surface area (Å²) in [7, 11) is 0. The van der Waals surface area contributed by atoms with E-state index in [1.165, 1.54) is 0 Å². The van der Waals surface area contributed by atoms with Gasteiger partial charge >= 0.3 is 0 Å². The first-order valence-corrected chi connectivity index (χ1v) is 5.02. The summed E-state index contributed by atoms with van der Waals surface area (Å²) in [5.74, 6) is 0.550. The molecule has 72 valence electrons. The van der Waals surface area contributed by atoms with Gasteiger partial charge in [-0.25, -0.2) is 0 Å². The van der Waals surface area contributed by atoms with Crippen molar-refractivity contribution < 1.29 is 4.52 Å². The van der Waals surface area contributed by atoms with Crippen LogP contribution in [0.1, 0.15) is 0 Å². The van der Waals surface area contributed by atoms with Crippen molar-refractivity contribution in [3.63, 3.8) is 0 Å². The summed E-state index contributed by atoms with van der Waals surface area (Å²) in [6.07, 6.45) is 0. The highest BCUT2D eigenvalue weighted by Gasteiger charge is 2.12. The zero-order chi connectivity index (χ0) is 10.1. The largest absolute Gasteiger partial charge is 0.393 e. The number of halogens is 2. The van der Waals surface area contributed by atoms with E-state index in [4.69, 9.17) is 21.9 Å². The second-order valence-electron chi connectivity index (χ2n) is 2.72. The lowest BCUT2D eigenvalue weighted by Gasteiger charge is -1.96. The van der Waals surface area contributed by atoms with Gasteiger partial charge in [-0.1, -0.05) is 16.8 Å². The molecule has 2 N–H and O–H groups in total. The van der Waals surface area contributed by atoms with E-state index in [9.17, 15) is 0 Å². The molecule has 0 atom stereocenters. The monoisotopic (exact) mass is 272 g/mol. The molecule has 0 unspecified atom stereocenters. The van der Waals surface area contributed by atoms with Crippen LogP contribution in [0.15, 0.2) is 33.4 Å². The van der Waals surface area contributed by atoms with Crippen molar-refractivity contribution in [3.05, 3.63) is 33.9 Å². The molecule has 2 rings (SSSR count). The molecule has 0 bridgehead atoms. The molecular formula is C9H6BrClN2O. The van der Waals surface area contributed by atoms with Gasteiger partial charge in [0.15, 0.2) is 10.4 Å². The average molecular weight is 274 g/mol. The molecule has 14 heavy (non-hydrogen) atoms. The zero-order valence-electron chi connectivity index (χ0n) is 7.00. The molecule has 5 heteroatoms. The van der Waals surface area contributed by atoms with Gasteiger partial charge in [0.2, 0.25) is 0 Å². The zero-order valence-corrected chi connectivity index (χ0v) is 9.34. The molecule has 2 aromatic rings. The topological polar surface area (TPSA) is 52.0 Å². The number of nitrogens with two attached hydrogens (primary N) is 1. The van der Waals surface area contributed by atoms with Crippen LogP contribution in [-0.4, -0.2) is 5.16 Å². The Balaban J connectivity index is 2.49. The maximum atomic E-state index is 5.76. The van der Waals surface area contributed by atoms with Gasteiger partial charge in [-0.3, -0.25) is 0 Å². The van der Waals surface area contributed by atoms with Gasteiger partial charge in [0, 0.05) is 10.6 Å². The average Bonchev–Trinajstić information content (AvgIpc) is 2.50. The molecule has 0 radical (unpaired) electrons. The van der Waals surface area contributed by atoms with E-state index in [0.717, 1.165) is 5.56 Å². The van der Waals surface area contributed by atoms with E-state index < -0.39 is 0 Å². The minimum atomic E-state index is 0.493. The van der Waals surface area contributed by atoms with Gasteiger partial charge < -0.3 is 10.3 Å². The maximum Gasteiger partial charge on any atom is 0.190 e. The Morgan fingerprint density at radius 2 is 1.93 bits per heavy atom. The van der Waals surface area contributed by atoms with E-state index >= 15 is 0 Å². The summed E-state index contributed by atoms with van der Waals surface area (Å²) in [4.78, 5) is 0. The third-order valence-corrected chi connectivity index (χ3v) is 2.61. The van der Waals surface area contributed by atoms with Crippen molar-refractivity contribution in [1.82, 2.24) is 5.16 Å². The third-order valence-electron chi connectivity index (χ3n) is 1.79. The van der Waals surface area contributed by atoms with Crippen LogP contribution in [0, 0.1) is 0 Å². The molecule has 0 saturated heterocycles. The van der Waals surface area contributed by atoms with Crippen LogP contribution in [0.4, 0.5) is 5.69 Å². The quantitative estimate of drug-likeness (QED) is 0.867. The van der Waals surface area contributed by atoms with Gasteiger partial charge in [-0.15, -0.1) is 0 Å². The van der Waals surface area contributed by atoms with Crippen molar-refractivity contribution >= 4 is 33.2 Å². The molecule has 0 aliphatic heterocycles. The summed E-state index contributed by atoms with van der Waals surface area (Å²) in [5, 5.41) is 4.37. The Hall–Kier alpha value is -1.00. The number of nitrogen functional groups attached to an aromatic ring is 1. The van der Waals surface area contributed by atoms with Crippen LogP contribution in [0.5, 0.6) is 0 Å². The Bertz CT molecular complexity index is 452. The molecule has 0 fully saturated rings. The molecule has 0 saturated carbocycles. The molecule has 1 aromatic heterocycles. The van der Waals surface area contributed by atoms with Gasteiger partial charge in [-0.2, -0.15) is 0 Å². The number of aromatic nitrogens is 1. The van der Waals surface area contributed by atoms with Crippen molar-refractivity contribution in [2.75, 3.05) is 5.73 Å². The lowest BCUT2D eigenvalue weighted by atomic mass is 10.1. The van der Waals surface area contributed by atoms with Crippen molar-refractivity contribution in [1.29, 1.82) is 0 Å². The van der Waals surface area contributed by atoms with E-state index in [0.29, 0.717) is 21.1 Å². The predicted molar refractivity (Wildman–Crippen MR) is 59.1 cm³/mol. The Morgan fingerprint density at radius 1 is 1.29 bits per heavy atom. The number of hydrogen-bond acceptors (Lipinski definition) is 3. The van der Waals surface area contributed by atoms with E-state index in [1.54, 1.807) is 12.1 Å². The standard InChI is InChI=1S/C9H6BrClN2O/c10-9-7(12)8(14-13-9)5-1-3-6(11)4-2-5/h1-4H,12H2. The number of benzene rings is 1. The van der Waals surface area contributed by atoms with Gasteiger partial charge in [-0.05, 0) is 40.2 Å². The van der Waals surface area contributed by atoms with Gasteiger partial charge in [0.25, 0.3) is 0 Å². The van der Waals surface area contributed by atoms with Gasteiger partial charge in [0.05, 0.1) is 0 Å². The first kappa shape index (κ1) is 9.55. The summed E-state index contributed by atoms with van der Waals surface area (Å²) in [6.45, 7) is 0. The Labute approximate surface area is 94.0 Å². The Kier molecular flexibility index (Phi) is 2.48. The number of rotatable bonds is 1. The highest BCUT2D eigenvalue weighted by atomic mass is 79.9. The smallest absolute Gasteiger partial charge is 0.190 e. The maximum absolute atomic E-state index is 5.76. The molecular weight excluding hydrogens is 267 g/mol. The first-order valence-electron chi connectivity index (χ1n) is 3.85. The fourth-order valence-corrected chi connectivity index (χ4v) is 1.47. The molecule has 3 nitrogen and oxygen atoms in total. The molecule has 0 spiro atoms. The second-order valence-corrected chi connectivity index (χ2v) is 3.91. The summed E-state index contributed by atoms with van der Waals surface area (Å²) < 4.78 is 5.57. The first-order chi connectivity index (χ1) is 6.68. The number of nitrogens with zero attached hydrogens (tertiary/aromatic N) is 1. The summed E-state index contributed by atoms with van der Waals surface area (Å²) in [6, 6.07) is 7.19. The molecule has 1 heterocycles. The lowest BCUT2D eigenvalue weighted by Crippen LogP contribution is -1.85. The predicted octanol–water partition coefficient (Wildman–Crippen LogP) is 3.34. The fraction of sp³-hybridized carbons (Fsp3) is 0. The fourth-order valence-electron chi connectivity index (χ4n) is 1.09. The minimum absolute atomic E-state index is 0.493. The van der Waals surface area contributed by atoms with Crippen LogP contribution in [0.2, 0.25) is 5.02 Å². The molecule has 0 aliphatic rings. The van der Waals surface area contributed by atoms with Crippen LogP contribution >= 0.6 is 27.5 Å².